The number of amides is 2. The first-order valence-corrected chi connectivity index (χ1v) is 12.8. The summed E-state index contributed by atoms with van der Waals surface area (Å²) >= 11 is 0.794. The van der Waals surface area contributed by atoms with Gasteiger partial charge in [0.25, 0.3) is 11.1 Å². The summed E-state index contributed by atoms with van der Waals surface area (Å²) in [4.78, 5) is 39.0. The summed E-state index contributed by atoms with van der Waals surface area (Å²) in [7, 11) is 0. The Balaban J connectivity index is 1.92. The predicted octanol–water partition coefficient (Wildman–Crippen LogP) is 7.13. The number of anilines is 2. The summed E-state index contributed by atoms with van der Waals surface area (Å²) < 4.78 is 0. The molecule has 0 bridgehead atoms. The van der Waals surface area contributed by atoms with E-state index in [1.165, 1.54) is 11.1 Å². The Kier molecular flexibility index (Phi) is 8.95. The fourth-order valence-electron chi connectivity index (χ4n) is 4.13. The van der Waals surface area contributed by atoms with Crippen LogP contribution in [0.3, 0.4) is 0 Å². The lowest BCUT2D eigenvalue weighted by molar-refractivity contribution is -0.137. The Morgan fingerprint density at radius 1 is 1.00 bits per heavy atom. The molecule has 0 aliphatic carbocycles. The molecule has 0 radical (unpaired) electrons. The van der Waals surface area contributed by atoms with Gasteiger partial charge in [0.05, 0.1) is 11.3 Å². The number of aliphatic carboxylic acids is 1. The van der Waals surface area contributed by atoms with Crippen molar-refractivity contribution in [2.24, 2.45) is 0 Å². The van der Waals surface area contributed by atoms with Crippen LogP contribution in [0, 0.1) is 27.7 Å². The number of hydrogen-bond acceptors (Lipinski definition) is 5. The van der Waals surface area contributed by atoms with Gasteiger partial charge < -0.3 is 10.0 Å². The number of rotatable bonds is 9. The lowest BCUT2D eigenvalue weighted by Gasteiger charge is -2.29. The molecule has 1 fully saturated rings. The quantitative estimate of drug-likeness (QED) is 0.282. The number of allylic oxidation sites excluding steroid dienone is 5. The largest absolute Gasteiger partial charge is 0.481 e. The number of benzene rings is 2. The number of nitrogens with zero attached hydrogens (tertiary/aromatic N) is 2. The molecule has 0 spiro atoms. The van der Waals surface area contributed by atoms with Crippen molar-refractivity contribution in [2.75, 3.05) is 11.4 Å². The van der Waals surface area contributed by atoms with Crippen LogP contribution < -0.4 is 4.90 Å². The average Bonchev–Trinajstić information content (AvgIpc) is 3.08. The second kappa shape index (κ2) is 11.9. The van der Waals surface area contributed by atoms with Gasteiger partial charge in [-0.2, -0.15) is 0 Å². The number of hydrogen-bond donors (Lipinski definition) is 1. The van der Waals surface area contributed by atoms with Gasteiger partial charge in [0.15, 0.2) is 0 Å². The first-order valence-electron chi connectivity index (χ1n) is 12.0. The number of carboxylic acids is 1. The molecule has 1 N–H and O–H groups in total. The van der Waals surface area contributed by atoms with E-state index in [1.807, 2.05) is 19.1 Å². The van der Waals surface area contributed by atoms with Crippen LogP contribution in [0.15, 0.2) is 83.5 Å². The summed E-state index contributed by atoms with van der Waals surface area (Å²) in [5.74, 6) is -1.56. The van der Waals surface area contributed by atoms with E-state index in [0.29, 0.717) is 5.57 Å². The van der Waals surface area contributed by atoms with E-state index in [0.717, 1.165) is 44.9 Å². The zero-order valence-electron chi connectivity index (χ0n) is 21.9. The highest BCUT2D eigenvalue weighted by Crippen LogP contribution is 2.36. The molecule has 6 nitrogen and oxygen atoms in total. The fraction of sp³-hybridized carbons (Fsp3) is 0.233. The second-order valence-corrected chi connectivity index (χ2v) is 10.0. The molecule has 1 aliphatic rings. The minimum atomic E-state index is -1.06. The highest BCUT2D eigenvalue weighted by atomic mass is 32.2. The number of aryl methyl sites for hydroxylation is 4. The van der Waals surface area contributed by atoms with Crippen LogP contribution in [-0.2, 0) is 9.59 Å². The van der Waals surface area contributed by atoms with Gasteiger partial charge in [-0.3, -0.25) is 19.3 Å². The molecule has 37 heavy (non-hydrogen) atoms. The van der Waals surface area contributed by atoms with Crippen molar-refractivity contribution in [3.63, 3.8) is 0 Å². The molecule has 0 aromatic heterocycles. The Labute approximate surface area is 222 Å². The van der Waals surface area contributed by atoms with E-state index in [1.54, 1.807) is 12.2 Å². The van der Waals surface area contributed by atoms with Gasteiger partial charge in [0.1, 0.15) is 0 Å². The van der Waals surface area contributed by atoms with E-state index in [-0.39, 0.29) is 17.9 Å². The maximum atomic E-state index is 12.6. The smallest absolute Gasteiger partial charge is 0.305 e. The summed E-state index contributed by atoms with van der Waals surface area (Å²) in [6.45, 7) is 14.2. The highest BCUT2D eigenvalue weighted by molar-refractivity contribution is 8.18. The molecular weight excluding hydrogens is 484 g/mol. The maximum absolute atomic E-state index is 12.6. The van der Waals surface area contributed by atoms with Crippen molar-refractivity contribution in [3.8, 4) is 0 Å². The molecule has 2 aromatic carbocycles. The van der Waals surface area contributed by atoms with Gasteiger partial charge in [0.2, 0.25) is 0 Å². The van der Waals surface area contributed by atoms with Gasteiger partial charge in [-0.05, 0) is 87.4 Å². The van der Waals surface area contributed by atoms with Gasteiger partial charge in [-0.25, -0.2) is 0 Å². The van der Waals surface area contributed by atoms with E-state index in [4.69, 9.17) is 5.11 Å². The van der Waals surface area contributed by atoms with E-state index in [9.17, 15) is 14.4 Å². The minimum absolute atomic E-state index is 0.150. The molecule has 0 atom stereocenters. The molecule has 2 amide bonds. The average molecular weight is 517 g/mol. The molecule has 7 heteroatoms. The van der Waals surface area contributed by atoms with Crippen LogP contribution in [0.2, 0.25) is 0 Å². The van der Waals surface area contributed by atoms with Crippen molar-refractivity contribution in [3.05, 3.63) is 106 Å². The van der Waals surface area contributed by atoms with Crippen LogP contribution in [0.25, 0.3) is 0 Å². The zero-order valence-corrected chi connectivity index (χ0v) is 22.7. The topological polar surface area (TPSA) is 77.9 Å². The normalized spacial score (nSPS) is 15.2. The van der Waals surface area contributed by atoms with Crippen LogP contribution in [0.5, 0.6) is 0 Å². The molecule has 0 saturated carbocycles. The molecule has 1 saturated heterocycles. The number of carbonyl (C=O) groups excluding carboxylic acids is 2. The van der Waals surface area contributed by atoms with Crippen molar-refractivity contribution in [1.29, 1.82) is 0 Å². The standard InChI is InChI=1S/C30H32N2O4S/c1-7-24(11-8-21(4)18-27-29(35)31(30(36)37-27)15-14-28(33)34)32(25-12-9-19(2)16-22(25)5)26-13-10-20(3)17-23(26)6/h7-13,16-18H,4,14-15H2,1-3,5-6H3,(H,33,34)/b11-8-,24-7+,27-18+. The summed E-state index contributed by atoms with van der Waals surface area (Å²) in [5, 5.41) is 8.40. The lowest BCUT2D eigenvalue weighted by atomic mass is 10.0. The SMILES string of the molecule is C=C(/C=C\C(=C/C)N(c1ccc(C)cc1C)c1ccc(C)cc1C)/C=C1/SC(=O)N(CCC(=O)O)C1=O. The van der Waals surface area contributed by atoms with Crippen LogP contribution >= 0.6 is 11.8 Å². The molecule has 0 unspecified atom stereocenters. The Morgan fingerprint density at radius 2 is 1.57 bits per heavy atom. The van der Waals surface area contributed by atoms with Gasteiger partial charge in [0, 0.05) is 23.6 Å². The Bertz CT molecular complexity index is 1300. The minimum Gasteiger partial charge on any atom is -0.481 e. The Hall–Kier alpha value is -3.84. The molecule has 2 aromatic rings. The van der Waals surface area contributed by atoms with Crippen molar-refractivity contribution >= 4 is 40.3 Å². The number of imide groups is 1. The van der Waals surface area contributed by atoms with Gasteiger partial charge in [-0.1, -0.05) is 54.1 Å². The molecule has 3 rings (SSSR count). The fourth-order valence-corrected chi connectivity index (χ4v) is 5.01. The molecule has 192 valence electrons. The van der Waals surface area contributed by atoms with Crippen LogP contribution in [0.4, 0.5) is 16.2 Å². The highest BCUT2D eigenvalue weighted by Gasteiger charge is 2.35. The second-order valence-electron chi connectivity index (χ2n) is 9.01. The summed E-state index contributed by atoms with van der Waals surface area (Å²) in [6, 6.07) is 12.7. The summed E-state index contributed by atoms with van der Waals surface area (Å²) in [5.41, 5.74) is 8.23. The summed E-state index contributed by atoms with van der Waals surface area (Å²) in [6.07, 6.45) is 7.03. The predicted molar refractivity (Wildman–Crippen MR) is 151 cm³/mol. The van der Waals surface area contributed by atoms with E-state index in [2.05, 4.69) is 75.6 Å². The third-order valence-corrected chi connectivity index (χ3v) is 6.86. The zero-order chi connectivity index (χ0) is 27.3. The van der Waals surface area contributed by atoms with E-state index >= 15 is 0 Å². The maximum Gasteiger partial charge on any atom is 0.305 e. The first-order chi connectivity index (χ1) is 17.5. The first kappa shape index (κ1) is 27.7. The molecule has 1 aliphatic heterocycles. The van der Waals surface area contributed by atoms with Gasteiger partial charge in [-0.15, -0.1) is 0 Å². The molecule has 1 heterocycles. The third kappa shape index (κ3) is 6.68. The van der Waals surface area contributed by atoms with Crippen molar-refractivity contribution in [2.45, 2.75) is 41.0 Å². The van der Waals surface area contributed by atoms with Crippen molar-refractivity contribution < 1.29 is 19.5 Å². The van der Waals surface area contributed by atoms with Crippen LogP contribution in [-0.4, -0.2) is 33.7 Å². The number of carbonyl (C=O) groups is 3. The van der Waals surface area contributed by atoms with E-state index < -0.39 is 17.1 Å². The number of carboxylic acid groups (broad SMARTS) is 1. The van der Waals surface area contributed by atoms with Crippen LogP contribution in [0.1, 0.15) is 35.6 Å². The van der Waals surface area contributed by atoms with Gasteiger partial charge >= 0.3 is 5.97 Å². The third-order valence-electron chi connectivity index (χ3n) is 5.95. The monoisotopic (exact) mass is 516 g/mol. The molecular formula is C30H32N2O4S. The lowest BCUT2D eigenvalue weighted by Crippen LogP contribution is -2.30. The Morgan fingerprint density at radius 3 is 2.05 bits per heavy atom. The number of thioether (sulfide) groups is 1. The van der Waals surface area contributed by atoms with Crippen molar-refractivity contribution in [1.82, 2.24) is 4.90 Å².